The Balaban J connectivity index is 1.58. The number of rotatable bonds is 6. The molecule has 2 rings (SSSR count). The summed E-state index contributed by atoms with van der Waals surface area (Å²) >= 11 is 0. The van der Waals surface area contributed by atoms with E-state index in [9.17, 15) is 5.11 Å². The Hall–Kier alpha value is -0.160. The molecule has 2 aliphatic rings. The van der Waals surface area contributed by atoms with Crippen LogP contribution in [0.3, 0.4) is 0 Å². The fraction of sp³-hybridized carbons (Fsp3) is 1.00. The molecule has 0 bridgehead atoms. The fourth-order valence-corrected chi connectivity index (χ4v) is 2.91. The van der Waals surface area contributed by atoms with Crippen LogP contribution in [0.25, 0.3) is 0 Å². The molecule has 2 fully saturated rings. The van der Waals surface area contributed by atoms with Gasteiger partial charge in [-0.2, -0.15) is 0 Å². The van der Waals surface area contributed by atoms with Crippen LogP contribution in [0.5, 0.6) is 0 Å². The summed E-state index contributed by atoms with van der Waals surface area (Å²) in [6.07, 6.45) is 6.18. The standard InChI is InChI=1S/C13H26N2O2/c1-15(11-13(16)6-7-14-10-13)8-2-4-12-5-3-9-17-12/h12,14,16H,2-11H2,1H3. The highest BCUT2D eigenvalue weighted by atomic mass is 16.5. The minimum Gasteiger partial charge on any atom is -0.387 e. The number of β-amino-alcohol motifs (C(OH)–C–C–N with tert-alkyl or cyclic N) is 1. The molecule has 2 atom stereocenters. The van der Waals surface area contributed by atoms with E-state index < -0.39 is 5.60 Å². The van der Waals surface area contributed by atoms with Crippen molar-refractivity contribution >= 4 is 0 Å². The summed E-state index contributed by atoms with van der Waals surface area (Å²) in [4.78, 5) is 2.25. The molecule has 0 aromatic heterocycles. The van der Waals surface area contributed by atoms with Gasteiger partial charge in [-0.05, 0) is 52.2 Å². The molecule has 4 heteroatoms. The zero-order chi connectivity index (χ0) is 12.1. The predicted molar refractivity (Wildman–Crippen MR) is 68.1 cm³/mol. The molecule has 2 N–H and O–H groups in total. The zero-order valence-corrected chi connectivity index (χ0v) is 11.0. The number of nitrogens with one attached hydrogen (secondary N) is 1. The lowest BCUT2D eigenvalue weighted by atomic mass is 10.0. The third-order valence-electron chi connectivity index (χ3n) is 3.88. The van der Waals surface area contributed by atoms with Crippen molar-refractivity contribution in [1.29, 1.82) is 0 Å². The van der Waals surface area contributed by atoms with Crippen molar-refractivity contribution < 1.29 is 9.84 Å². The Bertz CT molecular complexity index is 223. The lowest BCUT2D eigenvalue weighted by Crippen LogP contribution is -2.43. The van der Waals surface area contributed by atoms with Crippen LogP contribution in [-0.2, 0) is 4.74 Å². The van der Waals surface area contributed by atoms with Gasteiger partial charge in [0.1, 0.15) is 0 Å². The maximum absolute atomic E-state index is 10.2. The largest absolute Gasteiger partial charge is 0.387 e. The van der Waals surface area contributed by atoms with Crippen molar-refractivity contribution in [2.75, 3.05) is 39.8 Å². The van der Waals surface area contributed by atoms with E-state index in [0.29, 0.717) is 6.10 Å². The molecule has 2 aliphatic heterocycles. The summed E-state index contributed by atoms with van der Waals surface area (Å²) in [7, 11) is 2.10. The van der Waals surface area contributed by atoms with Crippen LogP contribution < -0.4 is 5.32 Å². The Kier molecular flexibility index (Phi) is 4.79. The smallest absolute Gasteiger partial charge is 0.0909 e. The molecule has 2 heterocycles. The Morgan fingerprint density at radius 2 is 2.41 bits per heavy atom. The van der Waals surface area contributed by atoms with E-state index in [0.717, 1.165) is 39.2 Å². The lowest BCUT2D eigenvalue weighted by molar-refractivity contribution is 0.0266. The van der Waals surface area contributed by atoms with Crippen LogP contribution in [0.4, 0.5) is 0 Å². The second kappa shape index (κ2) is 6.14. The molecule has 4 nitrogen and oxygen atoms in total. The van der Waals surface area contributed by atoms with Gasteiger partial charge in [0.05, 0.1) is 11.7 Å². The highest BCUT2D eigenvalue weighted by Gasteiger charge is 2.31. The summed E-state index contributed by atoms with van der Waals surface area (Å²) in [5.41, 5.74) is -0.501. The quantitative estimate of drug-likeness (QED) is 0.716. The van der Waals surface area contributed by atoms with Crippen LogP contribution in [0, 0.1) is 0 Å². The topological polar surface area (TPSA) is 44.7 Å². The van der Waals surface area contributed by atoms with E-state index in [1.165, 1.54) is 25.7 Å². The molecule has 0 aromatic carbocycles. The summed E-state index contributed by atoms with van der Waals surface area (Å²) in [6.45, 7) is 4.48. The molecule has 0 aromatic rings. The molecule has 0 amide bonds. The minimum atomic E-state index is -0.501. The summed E-state index contributed by atoms with van der Waals surface area (Å²) in [5, 5.41) is 13.5. The first-order valence-electron chi connectivity index (χ1n) is 6.91. The lowest BCUT2D eigenvalue weighted by Gasteiger charge is -2.28. The van der Waals surface area contributed by atoms with E-state index in [-0.39, 0.29) is 0 Å². The predicted octanol–water partition coefficient (Wildman–Crippen LogP) is 0.602. The van der Waals surface area contributed by atoms with Crippen LogP contribution in [-0.4, -0.2) is 61.5 Å². The maximum atomic E-state index is 10.2. The van der Waals surface area contributed by atoms with E-state index in [1.54, 1.807) is 0 Å². The Morgan fingerprint density at radius 3 is 3.06 bits per heavy atom. The van der Waals surface area contributed by atoms with E-state index in [4.69, 9.17) is 4.74 Å². The molecule has 0 spiro atoms. The highest BCUT2D eigenvalue weighted by molar-refractivity contribution is 4.89. The SMILES string of the molecule is CN(CCCC1CCCO1)CC1(O)CCNC1. The first-order valence-corrected chi connectivity index (χ1v) is 6.91. The Labute approximate surface area is 104 Å². The van der Waals surface area contributed by atoms with Crippen molar-refractivity contribution in [3.63, 3.8) is 0 Å². The van der Waals surface area contributed by atoms with Gasteiger partial charge in [-0.25, -0.2) is 0 Å². The van der Waals surface area contributed by atoms with Gasteiger partial charge >= 0.3 is 0 Å². The molecule has 17 heavy (non-hydrogen) atoms. The second-order valence-electron chi connectivity index (χ2n) is 5.67. The van der Waals surface area contributed by atoms with E-state index in [1.807, 2.05) is 0 Å². The number of likely N-dealkylation sites (N-methyl/N-ethyl adjacent to an activating group) is 1. The Morgan fingerprint density at radius 1 is 1.53 bits per heavy atom. The zero-order valence-electron chi connectivity index (χ0n) is 11.0. The summed E-state index contributed by atoms with van der Waals surface area (Å²) < 4.78 is 5.61. The van der Waals surface area contributed by atoms with Gasteiger partial charge in [-0.1, -0.05) is 0 Å². The normalized spacial score (nSPS) is 33.7. The maximum Gasteiger partial charge on any atom is 0.0909 e. The average molecular weight is 242 g/mol. The van der Waals surface area contributed by atoms with Gasteiger partial charge in [0.25, 0.3) is 0 Å². The number of hydrogen-bond donors (Lipinski definition) is 2. The van der Waals surface area contributed by atoms with Gasteiger partial charge in [0.2, 0.25) is 0 Å². The van der Waals surface area contributed by atoms with Gasteiger partial charge in [0.15, 0.2) is 0 Å². The van der Waals surface area contributed by atoms with Crippen LogP contribution in [0.15, 0.2) is 0 Å². The van der Waals surface area contributed by atoms with Crippen molar-refractivity contribution in [1.82, 2.24) is 10.2 Å². The average Bonchev–Trinajstić information content (AvgIpc) is 2.90. The molecule has 100 valence electrons. The molecular formula is C13H26N2O2. The fourth-order valence-electron chi connectivity index (χ4n) is 2.91. The van der Waals surface area contributed by atoms with Crippen molar-refractivity contribution in [2.24, 2.45) is 0 Å². The monoisotopic (exact) mass is 242 g/mol. The van der Waals surface area contributed by atoms with Crippen molar-refractivity contribution in [3.8, 4) is 0 Å². The first-order chi connectivity index (χ1) is 8.18. The van der Waals surface area contributed by atoms with Crippen LogP contribution in [0.2, 0.25) is 0 Å². The molecule has 0 aliphatic carbocycles. The summed E-state index contributed by atoms with van der Waals surface area (Å²) in [6, 6.07) is 0. The molecular weight excluding hydrogens is 216 g/mol. The van der Waals surface area contributed by atoms with Gasteiger partial charge in [-0.3, -0.25) is 0 Å². The van der Waals surface area contributed by atoms with Crippen LogP contribution >= 0.6 is 0 Å². The van der Waals surface area contributed by atoms with Crippen molar-refractivity contribution in [2.45, 2.75) is 43.8 Å². The second-order valence-corrected chi connectivity index (χ2v) is 5.67. The molecule has 0 saturated carbocycles. The number of nitrogens with zero attached hydrogens (tertiary/aromatic N) is 1. The molecule has 0 radical (unpaired) electrons. The highest BCUT2D eigenvalue weighted by Crippen LogP contribution is 2.18. The van der Waals surface area contributed by atoms with Gasteiger partial charge < -0.3 is 20.1 Å². The third kappa shape index (κ3) is 4.21. The van der Waals surface area contributed by atoms with E-state index in [2.05, 4.69) is 17.3 Å². The van der Waals surface area contributed by atoms with Crippen LogP contribution in [0.1, 0.15) is 32.1 Å². The third-order valence-corrected chi connectivity index (χ3v) is 3.88. The first kappa shape index (κ1) is 13.3. The van der Waals surface area contributed by atoms with Gasteiger partial charge in [-0.15, -0.1) is 0 Å². The minimum absolute atomic E-state index is 0.500. The number of ether oxygens (including phenoxy) is 1. The van der Waals surface area contributed by atoms with E-state index >= 15 is 0 Å². The van der Waals surface area contributed by atoms with Gasteiger partial charge in [0, 0.05) is 19.7 Å². The number of aliphatic hydroxyl groups is 1. The van der Waals surface area contributed by atoms with Crippen molar-refractivity contribution in [3.05, 3.63) is 0 Å². The number of hydrogen-bond acceptors (Lipinski definition) is 4. The summed E-state index contributed by atoms with van der Waals surface area (Å²) in [5.74, 6) is 0. The molecule has 2 saturated heterocycles. The molecule has 2 unspecified atom stereocenters.